The maximum absolute atomic E-state index is 12.2. The van der Waals surface area contributed by atoms with Gasteiger partial charge in [-0.15, -0.1) is 0 Å². The van der Waals surface area contributed by atoms with Crippen molar-refractivity contribution < 1.29 is 24.2 Å². The number of piperidine rings is 1. The number of amides is 2. The standard InChI is InChI=1S/C26H37N3O5/c1-18(16-30)28-24(31)21-7-5-20(6-8-21)22-9-10-23(27-15-22)33-17-19-11-13-29(14-12-19)25(32)34-26(2,3)4/h5,7,9-10,15,18-19,30H,6,8,11-14,16-17H2,1-4H3,(H,28,31)/t18-/m1/s1. The van der Waals surface area contributed by atoms with Crippen molar-refractivity contribution in [2.75, 3.05) is 26.3 Å². The molecular formula is C26H37N3O5. The van der Waals surface area contributed by atoms with Crippen LogP contribution in [0.4, 0.5) is 4.79 Å². The molecule has 8 nitrogen and oxygen atoms in total. The van der Waals surface area contributed by atoms with Crippen LogP contribution < -0.4 is 10.1 Å². The summed E-state index contributed by atoms with van der Waals surface area (Å²) in [5, 5.41) is 11.9. The van der Waals surface area contributed by atoms with E-state index < -0.39 is 5.60 Å². The number of likely N-dealkylation sites (tertiary alicyclic amines) is 1. The van der Waals surface area contributed by atoms with Crippen molar-refractivity contribution in [1.82, 2.24) is 15.2 Å². The van der Waals surface area contributed by atoms with Gasteiger partial charge in [-0.25, -0.2) is 9.78 Å². The van der Waals surface area contributed by atoms with Crippen LogP contribution in [0, 0.1) is 5.92 Å². The molecular weight excluding hydrogens is 434 g/mol. The number of rotatable bonds is 7. The van der Waals surface area contributed by atoms with Gasteiger partial charge in [0.05, 0.1) is 13.2 Å². The Bertz CT molecular complexity index is 909. The highest BCUT2D eigenvalue weighted by molar-refractivity contribution is 5.95. The Morgan fingerprint density at radius 1 is 1.21 bits per heavy atom. The number of hydrogen-bond acceptors (Lipinski definition) is 6. The molecule has 0 saturated carbocycles. The van der Waals surface area contributed by atoms with Gasteiger partial charge in [-0.3, -0.25) is 4.79 Å². The molecule has 0 bridgehead atoms. The predicted molar refractivity (Wildman–Crippen MR) is 130 cm³/mol. The van der Waals surface area contributed by atoms with E-state index in [1.54, 1.807) is 18.0 Å². The molecule has 1 aromatic heterocycles. The summed E-state index contributed by atoms with van der Waals surface area (Å²) in [6, 6.07) is 3.61. The number of allylic oxidation sites excluding steroid dienone is 3. The molecule has 0 unspecified atom stereocenters. The van der Waals surface area contributed by atoms with Gasteiger partial charge in [-0.05, 0) is 76.5 Å². The molecule has 2 amide bonds. The van der Waals surface area contributed by atoms with Gasteiger partial charge in [0.2, 0.25) is 11.8 Å². The zero-order valence-electron chi connectivity index (χ0n) is 20.7. The molecule has 2 heterocycles. The summed E-state index contributed by atoms with van der Waals surface area (Å²) < 4.78 is 11.4. The van der Waals surface area contributed by atoms with Crippen LogP contribution in [0.15, 0.2) is 36.1 Å². The largest absolute Gasteiger partial charge is 0.477 e. The Kier molecular flexibility index (Phi) is 8.72. The lowest BCUT2D eigenvalue weighted by molar-refractivity contribution is -0.118. The van der Waals surface area contributed by atoms with Crippen molar-refractivity contribution in [2.24, 2.45) is 5.92 Å². The van der Waals surface area contributed by atoms with Crippen molar-refractivity contribution >= 4 is 17.6 Å². The zero-order chi connectivity index (χ0) is 24.7. The first-order valence-electron chi connectivity index (χ1n) is 12.0. The van der Waals surface area contributed by atoms with Gasteiger partial charge in [-0.2, -0.15) is 0 Å². The lowest BCUT2D eigenvalue weighted by Crippen LogP contribution is -2.42. The highest BCUT2D eigenvalue weighted by atomic mass is 16.6. The fourth-order valence-electron chi connectivity index (χ4n) is 3.90. The normalized spacial score (nSPS) is 18.0. The Balaban J connectivity index is 1.45. The van der Waals surface area contributed by atoms with Gasteiger partial charge in [0, 0.05) is 37.0 Å². The molecule has 8 heteroatoms. The topological polar surface area (TPSA) is 101 Å². The number of aliphatic hydroxyl groups excluding tert-OH is 1. The van der Waals surface area contributed by atoms with Crippen molar-refractivity contribution in [3.63, 3.8) is 0 Å². The lowest BCUT2D eigenvalue weighted by Gasteiger charge is -2.33. The minimum absolute atomic E-state index is 0.0779. The summed E-state index contributed by atoms with van der Waals surface area (Å²) >= 11 is 0. The second-order valence-electron chi connectivity index (χ2n) is 10.0. The highest BCUT2D eigenvalue weighted by Crippen LogP contribution is 2.27. The number of aromatic nitrogens is 1. The number of ether oxygens (including phenoxy) is 2. The van der Waals surface area contributed by atoms with E-state index in [-0.39, 0.29) is 24.6 Å². The fraction of sp³-hybridized carbons (Fsp3) is 0.577. The van der Waals surface area contributed by atoms with E-state index in [1.165, 1.54) is 0 Å². The molecule has 1 atom stereocenters. The van der Waals surface area contributed by atoms with E-state index in [1.807, 2.05) is 45.1 Å². The third-order valence-electron chi connectivity index (χ3n) is 5.93. The Hall–Kier alpha value is -2.87. The third kappa shape index (κ3) is 7.58. The van der Waals surface area contributed by atoms with Crippen molar-refractivity contribution in [1.29, 1.82) is 0 Å². The number of hydrogen-bond donors (Lipinski definition) is 2. The number of nitrogens with zero attached hydrogens (tertiary/aromatic N) is 2. The summed E-state index contributed by atoms with van der Waals surface area (Å²) in [7, 11) is 0. The molecule has 2 N–H and O–H groups in total. The number of carbonyl (C=O) groups excluding carboxylic acids is 2. The molecule has 186 valence electrons. The number of carbonyl (C=O) groups is 2. The first kappa shape index (κ1) is 25.7. The van der Waals surface area contributed by atoms with Crippen LogP contribution in [0.2, 0.25) is 0 Å². The molecule has 1 saturated heterocycles. The van der Waals surface area contributed by atoms with Crippen LogP contribution in [-0.2, 0) is 9.53 Å². The maximum Gasteiger partial charge on any atom is 0.410 e. The van der Waals surface area contributed by atoms with E-state index in [0.29, 0.717) is 37.9 Å². The Morgan fingerprint density at radius 3 is 2.50 bits per heavy atom. The molecule has 2 aliphatic rings. The van der Waals surface area contributed by atoms with Crippen LogP contribution in [0.25, 0.3) is 5.57 Å². The van der Waals surface area contributed by atoms with Crippen LogP contribution in [-0.4, -0.2) is 64.9 Å². The first-order valence-corrected chi connectivity index (χ1v) is 12.0. The van der Waals surface area contributed by atoms with Crippen LogP contribution in [0.3, 0.4) is 0 Å². The van der Waals surface area contributed by atoms with Crippen molar-refractivity contribution in [3.05, 3.63) is 41.6 Å². The summed E-state index contributed by atoms with van der Waals surface area (Å²) in [5.41, 5.74) is 2.38. The minimum atomic E-state index is -0.477. The van der Waals surface area contributed by atoms with Crippen LogP contribution in [0.1, 0.15) is 58.9 Å². The molecule has 34 heavy (non-hydrogen) atoms. The zero-order valence-corrected chi connectivity index (χ0v) is 20.7. The minimum Gasteiger partial charge on any atom is -0.477 e. The molecule has 0 aromatic carbocycles. The predicted octanol–water partition coefficient (Wildman–Crippen LogP) is 3.71. The maximum atomic E-state index is 12.2. The van der Waals surface area contributed by atoms with Crippen LogP contribution in [0.5, 0.6) is 5.88 Å². The molecule has 0 radical (unpaired) electrons. The number of aliphatic hydroxyl groups is 1. The van der Waals surface area contributed by atoms with E-state index in [2.05, 4.69) is 10.3 Å². The monoisotopic (exact) mass is 471 g/mol. The number of pyridine rings is 1. The van der Waals surface area contributed by atoms with Crippen LogP contribution >= 0.6 is 0 Å². The molecule has 1 aliphatic heterocycles. The van der Waals surface area contributed by atoms with Crippen molar-refractivity contribution in [2.45, 2.75) is 65.0 Å². The van der Waals surface area contributed by atoms with Crippen molar-refractivity contribution in [3.8, 4) is 5.88 Å². The summed E-state index contributed by atoms with van der Waals surface area (Å²) in [6.45, 7) is 9.25. The molecule has 0 spiro atoms. The lowest BCUT2D eigenvalue weighted by atomic mass is 9.93. The second kappa shape index (κ2) is 11.5. The Labute approximate surface area is 202 Å². The van der Waals surface area contributed by atoms with Gasteiger partial charge in [0.1, 0.15) is 5.60 Å². The van der Waals surface area contributed by atoms with E-state index in [4.69, 9.17) is 14.6 Å². The average Bonchev–Trinajstić information content (AvgIpc) is 2.82. The van der Waals surface area contributed by atoms with E-state index in [0.717, 1.165) is 36.0 Å². The summed E-state index contributed by atoms with van der Waals surface area (Å²) in [6.07, 6.45) is 8.51. The SMILES string of the molecule is C[C@H](CO)NC(=O)C1=CC=C(c2ccc(OCC3CCN(C(=O)OC(C)(C)C)CC3)nc2)CC1. The summed E-state index contributed by atoms with van der Waals surface area (Å²) in [5.74, 6) is 0.837. The first-order chi connectivity index (χ1) is 16.1. The highest BCUT2D eigenvalue weighted by Gasteiger charge is 2.27. The quantitative estimate of drug-likeness (QED) is 0.629. The molecule has 1 aliphatic carbocycles. The molecule has 3 rings (SSSR count). The van der Waals surface area contributed by atoms with Gasteiger partial charge >= 0.3 is 6.09 Å². The Morgan fingerprint density at radius 2 is 1.94 bits per heavy atom. The summed E-state index contributed by atoms with van der Waals surface area (Å²) in [4.78, 5) is 30.6. The second-order valence-corrected chi connectivity index (χ2v) is 10.0. The molecule has 1 aromatic rings. The average molecular weight is 472 g/mol. The van der Waals surface area contributed by atoms with Gasteiger partial charge in [-0.1, -0.05) is 12.2 Å². The van der Waals surface area contributed by atoms with E-state index in [9.17, 15) is 9.59 Å². The smallest absolute Gasteiger partial charge is 0.410 e. The fourth-order valence-corrected chi connectivity index (χ4v) is 3.90. The number of nitrogens with one attached hydrogen (secondary N) is 1. The van der Waals surface area contributed by atoms with E-state index >= 15 is 0 Å². The van der Waals surface area contributed by atoms with Gasteiger partial charge < -0.3 is 24.8 Å². The third-order valence-corrected chi connectivity index (χ3v) is 5.93. The van der Waals surface area contributed by atoms with Gasteiger partial charge in [0.15, 0.2) is 0 Å². The van der Waals surface area contributed by atoms with Gasteiger partial charge in [0.25, 0.3) is 0 Å². The molecule has 1 fully saturated rings.